The van der Waals surface area contributed by atoms with Crippen molar-refractivity contribution in [3.8, 4) is 5.75 Å². The zero-order valence-corrected chi connectivity index (χ0v) is 12.2. The van der Waals surface area contributed by atoms with Crippen molar-refractivity contribution in [3.63, 3.8) is 0 Å². The van der Waals surface area contributed by atoms with E-state index in [1.54, 1.807) is 7.11 Å². The van der Waals surface area contributed by atoms with Crippen LogP contribution in [0.1, 0.15) is 31.0 Å². The van der Waals surface area contributed by atoms with Crippen LogP contribution in [0.2, 0.25) is 0 Å². The largest absolute Gasteiger partial charge is 0.496 e. The monoisotopic (exact) mass is 250 g/mol. The molecule has 3 heteroatoms. The lowest BCUT2D eigenvalue weighted by atomic mass is 10.0. The number of hydrogen-bond acceptors (Lipinski definition) is 3. The predicted molar refractivity (Wildman–Crippen MR) is 77.0 cm³/mol. The number of likely N-dealkylation sites (N-methyl/N-ethyl adjacent to an activating group) is 1. The topological polar surface area (TPSA) is 38.5 Å². The molecule has 0 radical (unpaired) electrons. The summed E-state index contributed by atoms with van der Waals surface area (Å²) in [4.78, 5) is 2.27. The van der Waals surface area contributed by atoms with Crippen LogP contribution < -0.4 is 10.5 Å². The van der Waals surface area contributed by atoms with Gasteiger partial charge in [0.1, 0.15) is 5.75 Å². The predicted octanol–water partition coefficient (Wildman–Crippen LogP) is 2.59. The maximum Gasteiger partial charge on any atom is 0.123 e. The van der Waals surface area contributed by atoms with Gasteiger partial charge in [0.25, 0.3) is 0 Å². The first-order valence-electron chi connectivity index (χ1n) is 6.52. The van der Waals surface area contributed by atoms with Gasteiger partial charge in [-0.15, -0.1) is 0 Å². The second-order valence-corrected chi connectivity index (χ2v) is 5.47. The number of hydrogen-bond donors (Lipinski definition) is 1. The summed E-state index contributed by atoms with van der Waals surface area (Å²) in [5.41, 5.74) is 8.60. The van der Waals surface area contributed by atoms with Gasteiger partial charge >= 0.3 is 0 Å². The Morgan fingerprint density at radius 1 is 1.28 bits per heavy atom. The van der Waals surface area contributed by atoms with Crippen LogP contribution in [0.4, 0.5) is 0 Å². The first kappa shape index (κ1) is 15.0. The molecule has 2 N–H and O–H groups in total. The average Bonchev–Trinajstić information content (AvgIpc) is 2.27. The number of aryl methyl sites for hydroxylation is 1. The molecule has 18 heavy (non-hydrogen) atoms. The number of benzene rings is 1. The summed E-state index contributed by atoms with van der Waals surface area (Å²) >= 11 is 0. The minimum Gasteiger partial charge on any atom is -0.496 e. The molecule has 0 aliphatic heterocycles. The minimum absolute atomic E-state index is 0.0106. The number of rotatable bonds is 6. The molecule has 0 bridgehead atoms. The molecule has 0 amide bonds. The fourth-order valence-corrected chi connectivity index (χ4v) is 2.28. The third-order valence-corrected chi connectivity index (χ3v) is 2.97. The Labute approximate surface area is 111 Å². The van der Waals surface area contributed by atoms with E-state index < -0.39 is 0 Å². The molecule has 1 aromatic carbocycles. The minimum atomic E-state index is -0.0106. The van der Waals surface area contributed by atoms with Gasteiger partial charge < -0.3 is 15.4 Å². The Hall–Kier alpha value is -1.06. The Morgan fingerprint density at radius 2 is 1.94 bits per heavy atom. The number of ether oxygens (including phenoxy) is 1. The van der Waals surface area contributed by atoms with Crippen LogP contribution in [0.25, 0.3) is 0 Å². The SMILES string of the molecule is COc1ccc(C)cc1C(N)CN(C)CC(C)C. The van der Waals surface area contributed by atoms with Crippen LogP contribution >= 0.6 is 0 Å². The van der Waals surface area contributed by atoms with Crippen molar-refractivity contribution in [1.82, 2.24) is 4.90 Å². The molecule has 1 aromatic rings. The summed E-state index contributed by atoms with van der Waals surface area (Å²) in [6.07, 6.45) is 0. The molecule has 102 valence electrons. The third-order valence-electron chi connectivity index (χ3n) is 2.97. The van der Waals surface area contributed by atoms with Crippen LogP contribution in [-0.2, 0) is 0 Å². The van der Waals surface area contributed by atoms with Gasteiger partial charge in [0.15, 0.2) is 0 Å². The van der Waals surface area contributed by atoms with Gasteiger partial charge in [0, 0.05) is 24.7 Å². The molecule has 1 rings (SSSR count). The number of methoxy groups -OCH3 is 1. The average molecular weight is 250 g/mol. The van der Waals surface area contributed by atoms with Gasteiger partial charge in [-0.05, 0) is 26.0 Å². The summed E-state index contributed by atoms with van der Waals surface area (Å²) < 4.78 is 5.39. The van der Waals surface area contributed by atoms with E-state index in [4.69, 9.17) is 10.5 Å². The molecule has 0 saturated heterocycles. The summed E-state index contributed by atoms with van der Waals surface area (Å²) in [6.45, 7) is 8.41. The van der Waals surface area contributed by atoms with Gasteiger partial charge in [-0.2, -0.15) is 0 Å². The lowest BCUT2D eigenvalue weighted by Crippen LogP contribution is -2.31. The smallest absolute Gasteiger partial charge is 0.123 e. The molecular weight excluding hydrogens is 224 g/mol. The zero-order chi connectivity index (χ0) is 13.7. The molecule has 0 heterocycles. The number of nitrogens with zero attached hydrogens (tertiary/aromatic N) is 1. The fraction of sp³-hybridized carbons (Fsp3) is 0.600. The highest BCUT2D eigenvalue weighted by atomic mass is 16.5. The summed E-state index contributed by atoms with van der Waals surface area (Å²) in [5, 5.41) is 0. The van der Waals surface area contributed by atoms with Gasteiger partial charge in [-0.1, -0.05) is 31.5 Å². The van der Waals surface area contributed by atoms with E-state index in [2.05, 4.69) is 38.8 Å². The van der Waals surface area contributed by atoms with E-state index >= 15 is 0 Å². The Balaban J connectivity index is 2.76. The van der Waals surface area contributed by atoms with Crippen molar-refractivity contribution in [2.75, 3.05) is 27.2 Å². The highest BCUT2D eigenvalue weighted by molar-refractivity contribution is 5.39. The van der Waals surface area contributed by atoms with E-state index in [-0.39, 0.29) is 6.04 Å². The molecule has 0 aliphatic rings. The lowest BCUT2D eigenvalue weighted by Gasteiger charge is -2.24. The summed E-state index contributed by atoms with van der Waals surface area (Å²) in [6, 6.07) is 6.15. The Kier molecular flexibility index (Phi) is 5.63. The number of nitrogens with two attached hydrogens (primary N) is 1. The van der Waals surface area contributed by atoms with E-state index in [1.807, 2.05) is 12.1 Å². The van der Waals surface area contributed by atoms with Gasteiger partial charge in [-0.3, -0.25) is 0 Å². The maximum atomic E-state index is 6.30. The standard InChI is InChI=1S/C15H26N2O/c1-11(2)9-17(4)10-14(16)13-8-12(3)6-7-15(13)18-5/h6-8,11,14H,9-10,16H2,1-5H3. The van der Waals surface area contributed by atoms with Crippen LogP contribution in [-0.4, -0.2) is 32.1 Å². The molecule has 0 saturated carbocycles. The van der Waals surface area contributed by atoms with Gasteiger partial charge in [0.2, 0.25) is 0 Å². The summed E-state index contributed by atoms with van der Waals surface area (Å²) in [7, 11) is 3.81. The first-order valence-corrected chi connectivity index (χ1v) is 6.52. The fourth-order valence-electron chi connectivity index (χ4n) is 2.28. The normalized spacial score (nSPS) is 13.1. The van der Waals surface area contributed by atoms with Crippen molar-refractivity contribution in [2.24, 2.45) is 11.7 Å². The molecule has 0 fully saturated rings. The molecule has 0 aliphatic carbocycles. The van der Waals surface area contributed by atoms with Crippen molar-refractivity contribution in [2.45, 2.75) is 26.8 Å². The van der Waals surface area contributed by atoms with Crippen LogP contribution in [0.5, 0.6) is 5.75 Å². The van der Waals surface area contributed by atoms with Crippen molar-refractivity contribution in [3.05, 3.63) is 29.3 Å². The van der Waals surface area contributed by atoms with Crippen LogP contribution in [0, 0.1) is 12.8 Å². The molecular formula is C15H26N2O. The van der Waals surface area contributed by atoms with E-state index in [0.29, 0.717) is 5.92 Å². The Bertz CT molecular complexity index is 377. The summed E-state index contributed by atoms with van der Waals surface area (Å²) in [5.74, 6) is 1.53. The van der Waals surface area contributed by atoms with Crippen LogP contribution in [0.3, 0.4) is 0 Å². The highest BCUT2D eigenvalue weighted by Gasteiger charge is 2.14. The van der Waals surface area contributed by atoms with Crippen molar-refractivity contribution >= 4 is 0 Å². The quantitative estimate of drug-likeness (QED) is 0.843. The molecule has 1 unspecified atom stereocenters. The zero-order valence-electron chi connectivity index (χ0n) is 12.2. The third kappa shape index (κ3) is 4.31. The van der Waals surface area contributed by atoms with Gasteiger partial charge in [0.05, 0.1) is 7.11 Å². The maximum absolute atomic E-state index is 6.30. The van der Waals surface area contributed by atoms with E-state index in [9.17, 15) is 0 Å². The van der Waals surface area contributed by atoms with Crippen LogP contribution in [0.15, 0.2) is 18.2 Å². The molecule has 1 atom stereocenters. The molecule has 3 nitrogen and oxygen atoms in total. The van der Waals surface area contributed by atoms with Gasteiger partial charge in [-0.25, -0.2) is 0 Å². The first-order chi connectivity index (χ1) is 8.43. The van der Waals surface area contributed by atoms with Crippen molar-refractivity contribution < 1.29 is 4.74 Å². The molecule has 0 aromatic heterocycles. The van der Waals surface area contributed by atoms with Crippen molar-refractivity contribution in [1.29, 1.82) is 0 Å². The lowest BCUT2D eigenvalue weighted by molar-refractivity contribution is 0.276. The Morgan fingerprint density at radius 3 is 2.50 bits per heavy atom. The van der Waals surface area contributed by atoms with E-state index in [0.717, 1.165) is 24.4 Å². The van der Waals surface area contributed by atoms with E-state index in [1.165, 1.54) is 5.56 Å². The second-order valence-electron chi connectivity index (χ2n) is 5.47. The second kappa shape index (κ2) is 6.76. The molecule has 0 spiro atoms. The highest BCUT2D eigenvalue weighted by Crippen LogP contribution is 2.25.